The van der Waals surface area contributed by atoms with Crippen LogP contribution >= 0.6 is 0 Å². The van der Waals surface area contributed by atoms with Gasteiger partial charge >= 0.3 is 0 Å². The summed E-state index contributed by atoms with van der Waals surface area (Å²) in [5.74, 6) is -9.77. The van der Waals surface area contributed by atoms with E-state index in [4.69, 9.17) is 11.5 Å². The van der Waals surface area contributed by atoms with Crippen molar-refractivity contribution >= 4 is 81.1 Å². The minimum absolute atomic E-state index is 0.154. The van der Waals surface area contributed by atoms with Crippen molar-refractivity contribution in [3.8, 4) is 0 Å². The summed E-state index contributed by atoms with van der Waals surface area (Å²) in [6, 6.07) is 6.68. The Morgan fingerprint density at radius 1 is 0.565 bits per heavy atom. The topological polar surface area (TPSA) is 383 Å². The van der Waals surface area contributed by atoms with Gasteiger partial charge in [0.2, 0.25) is 47.3 Å². The summed E-state index contributed by atoms with van der Waals surface area (Å²) in [6.45, 7) is -3.85. The van der Waals surface area contributed by atoms with Gasteiger partial charge < -0.3 is 59.3 Å². The molecule has 2 aromatic carbocycles. The number of hydrogen-bond donors (Lipinski definition) is 11. The third-order valence-electron chi connectivity index (χ3n) is 8.83. The van der Waals surface area contributed by atoms with Crippen LogP contribution in [0.25, 0.3) is 22.1 Å². The highest BCUT2D eigenvalue weighted by atomic mass is 16.2. The maximum atomic E-state index is 14.0. The molecule has 1 saturated heterocycles. The molecule has 25 nitrogen and oxygen atoms in total. The third-order valence-corrected chi connectivity index (χ3v) is 8.83. The number of rotatable bonds is 8. The molecule has 0 aliphatic carbocycles. The van der Waals surface area contributed by atoms with Crippen LogP contribution in [0.3, 0.4) is 0 Å². The summed E-state index contributed by atoms with van der Waals surface area (Å²) < 4.78 is 0. The van der Waals surface area contributed by atoms with Crippen LogP contribution in [-0.2, 0) is 38.4 Å². The van der Waals surface area contributed by atoms with Crippen LogP contribution < -0.4 is 59.3 Å². The Balaban J connectivity index is 1.41. The van der Waals surface area contributed by atoms with Gasteiger partial charge in [-0.2, -0.15) is 0 Å². The fraction of sp³-hybridized carbons (Fsp3) is 0.297. The molecule has 25 heteroatoms. The molecule has 4 aromatic rings. The molecule has 1 fully saturated rings. The normalized spacial score (nSPS) is 20.0. The molecule has 0 saturated carbocycles. The second-order valence-corrected chi connectivity index (χ2v) is 13.4. The van der Waals surface area contributed by atoms with Crippen LogP contribution in [0.15, 0.2) is 60.9 Å². The van der Waals surface area contributed by atoms with E-state index < -0.39 is 129 Å². The standard InChI is InChI=1S/C37H41N15O10/c38-10-23-33(58)46-16-30(55)42-15-29(54)43-17-31(56)50-26(13-44-34(59)24-11-40-18-5-1-3-7-20(18)47-24)36(61)52-27(37(62)51-22(32(39)57)9-28(53)49-23)14-45-35(60)25-12-41-19-6-2-4-8-21(19)48-25/h1-8,11-12,22-23,26-27H,9-10,13-17,38H2,(H2,39,57)(H,42,55)(H,43,54)(H,44,59)(H,45,60)(H,46,58)(H,49,53)(H,50,56)(H,51,62)(H,52,61)/t22-,23?,26?,27?/m0/s1. The lowest BCUT2D eigenvalue weighted by atomic mass is 10.1. The molecular weight excluding hydrogens is 815 g/mol. The van der Waals surface area contributed by atoms with Crippen molar-refractivity contribution in [2.75, 3.05) is 39.3 Å². The fourth-order valence-corrected chi connectivity index (χ4v) is 5.58. The molecule has 4 atom stereocenters. The number of nitrogens with one attached hydrogen (secondary N) is 9. The number of aromatic nitrogens is 4. The highest BCUT2D eigenvalue weighted by Gasteiger charge is 2.32. The van der Waals surface area contributed by atoms with Crippen molar-refractivity contribution in [2.24, 2.45) is 11.5 Å². The molecule has 324 valence electrons. The molecule has 3 unspecified atom stereocenters. The van der Waals surface area contributed by atoms with Crippen molar-refractivity contribution in [2.45, 2.75) is 30.6 Å². The first-order chi connectivity index (χ1) is 29.7. The lowest BCUT2D eigenvalue weighted by molar-refractivity contribution is -0.134. The third kappa shape index (κ3) is 12.6. The van der Waals surface area contributed by atoms with Crippen molar-refractivity contribution in [3.63, 3.8) is 0 Å². The zero-order chi connectivity index (χ0) is 44.8. The number of benzene rings is 2. The van der Waals surface area contributed by atoms with E-state index >= 15 is 0 Å². The molecule has 1 aliphatic rings. The summed E-state index contributed by atoms with van der Waals surface area (Å²) in [7, 11) is 0. The van der Waals surface area contributed by atoms with Gasteiger partial charge in [-0.15, -0.1) is 0 Å². The van der Waals surface area contributed by atoms with Crippen LogP contribution in [0, 0.1) is 0 Å². The van der Waals surface area contributed by atoms with E-state index in [1.165, 1.54) is 12.4 Å². The number of nitrogens with two attached hydrogens (primary N) is 2. The molecule has 2 aromatic heterocycles. The largest absolute Gasteiger partial charge is 0.368 e. The number of primary amides is 1. The molecule has 10 amide bonds. The monoisotopic (exact) mass is 855 g/mol. The second-order valence-electron chi connectivity index (χ2n) is 13.4. The molecule has 5 rings (SSSR count). The van der Waals surface area contributed by atoms with Crippen molar-refractivity contribution < 1.29 is 47.9 Å². The zero-order valence-electron chi connectivity index (χ0n) is 32.6. The molecule has 0 bridgehead atoms. The van der Waals surface area contributed by atoms with Crippen LogP contribution in [-0.4, -0.2) is 142 Å². The highest BCUT2D eigenvalue weighted by molar-refractivity contribution is 5.99. The van der Waals surface area contributed by atoms with Crippen LogP contribution in [0.2, 0.25) is 0 Å². The summed E-state index contributed by atoms with van der Waals surface area (Å²) in [6.07, 6.45) is 1.51. The van der Waals surface area contributed by atoms with Gasteiger partial charge in [0, 0.05) is 19.6 Å². The Bertz CT molecular complexity index is 2410. The van der Waals surface area contributed by atoms with E-state index in [0.717, 1.165) is 0 Å². The fourth-order valence-electron chi connectivity index (χ4n) is 5.58. The number of hydrogen-bond acceptors (Lipinski definition) is 15. The van der Waals surface area contributed by atoms with Crippen LogP contribution in [0.4, 0.5) is 0 Å². The van der Waals surface area contributed by atoms with Crippen molar-refractivity contribution in [1.29, 1.82) is 0 Å². The zero-order valence-corrected chi connectivity index (χ0v) is 32.6. The lowest BCUT2D eigenvalue weighted by Crippen LogP contribution is -2.61. The summed E-state index contributed by atoms with van der Waals surface area (Å²) in [5.41, 5.74) is 12.5. The van der Waals surface area contributed by atoms with Gasteiger partial charge in [-0.25, -0.2) is 9.97 Å². The first-order valence-electron chi connectivity index (χ1n) is 18.7. The minimum atomic E-state index is -1.78. The Hall–Kier alpha value is -8.22. The molecule has 3 heterocycles. The molecular formula is C37H41N15O10. The number of amides is 10. The SMILES string of the molecule is NCC1NC(=O)C[C@@H](C(N)=O)NC(=O)C(CNC(=O)c2cnc3ccccc3n2)NC(=O)C(CNC(=O)c2cnc3ccccc3n2)NC(=O)CNC(=O)CNC(=O)CNC1=O. The van der Waals surface area contributed by atoms with E-state index in [2.05, 4.69) is 67.8 Å². The number of carbonyl (C=O) groups is 10. The summed E-state index contributed by atoms with van der Waals surface area (Å²) in [5, 5.41) is 20.8. The van der Waals surface area contributed by atoms with E-state index in [9.17, 15) is 47.9 Å². The lowest BCUT2D eigenvalue weighted by Gasteiger charge is -2.25. The molecule has 13 N–H and O–H groups in total. The van der Waals surface area contributed by atoms with Gasteiger partial charge in [0.15, 0.2) is 0 Å². The predicted molar refractivity (Wildman–Crippen MR) is 213 cm³/mol. The number of carbonyl (C=O) groups excluding carboxylic acids is 10. The number of fused-ring (bicyclic) bond motifs is 2. The average molecular weight is 856 g/mol. The van der Waals surface area contributed by atoms with E-state index in [1.54, 1.807) is 48.5 Å². The van der Waals surface area contributed by atoms with Crippen LogP contribution in [0.5, 0.6) is 0 Å². The maximum Gasteiger partial charge on any atom is 0.271 e. The maximum absolute atomic E-state index is 14.0. The first kappa shape index (κ1) is 44.9. The molecule has 0 spiro atoms. The van der Waals surface area contributed by atoms with Crippen LogP contribution in [0.1, 0.15) is 27.4 Å². The highest BCUT2D eigenvalue weighted by Crippen LogP contribution is 2.10. The van der Waals surface area contributed by atoms with Gasteiger partial charge in [0.05, 0.1) is 60.5 Å². The van der Waals surface area contributed by atoms with E-state index in [0.29, 0.717) is 22.1 Å². The Kier molecular flexibility index (Phi) is 15.3. The smallest absolute Gasteiger partial charge is 0.271 e. The quantitative estimate of drug-likeness (QED) is 0.0786. The van der Waals surface area contributed by atoms with Gasteiger partial charge in [0.1, 0.15) is 35.6 Å². The summed E-state index contributed by atoms with van der Waals surface area (Å²) in [4.78, 5) is 147. The average Bonchev–Trinajstić information content (AvgIpc) is 3.27. The van der Waals surface area contributed by atoms with Gasteiger partial charge in [-0.1, -0.05) is 24.3 Å². The minimum Gasteiger partial charge on any atom is -0.368 e. The predicted octanol–water partition coefficient (Wildman–Crippen LogP) is -6.13. The van der Waals surface area contributed by atoms with Crippen molar-refractivity contribution in [3.05, 3.63) is 72.3 Å². The molecule has 62 heavy (non-hydrogen) atoms. The number of para-hydroxylation sites is 4. The van der Waals surface area contributed by atoms with Crippen molar-refractivity contribution in [1.82, 2.24) is 67.8 Å². The van der Waals surface area contributed by atoms with Gasteiger partial charge in [-0.3, -0.25) is 57.9 Å². The van der Waals surface area contributed by atoms with E-state index in [-0.39, 0.29) is 11.4 Å². The Morgan fingerprint density at radius 3 is 1.53 bits per heavy atom. The van der Waals surface area contributed by atoms with Gasteiger partial charge in [-0.05, 0) is 24.3 Å². The Labute approximate surface area is 350 Å². The summed E-state index contributed by atoms with van der Waals surface area (Å²) >= 11 is 0. The first-order valence-corrected chi connectivity index (χ1v) is 18.7. The number of nitrogens with zero attached hydrogens (tertiary/aromatic N) is 4. The Morgan fingerprint density at radius 2 is 1.02 bits per heavy atom. The molecule has 0 radical (unpaired) electrons. The van der Waals surface area contributed by atoms with E-state index in [1.807, 2.05) is 0 Å². The van der Waals surface area contributed by atoms with Gasteiger partial charge in [0.25, 0.3) is 11.8 Å². The molecule has 1 aliphatic heterocycles. The second kappa shape index (κ2) is 21.2.